The fourth-order valence-corrected chi connectivity index (χ4v) is 3.80. The van der Waals surface area contributed by atoms with Crippen LogP contribution in [0.3, 0.4) is 0 Å². The summed E-state index contributed by atoms with van der Waals surface area (Å²) in [6.45, 7) is 0. The zero-order valence-electron chi connectivity index (χ0n) is 17.4. The van der Waals surface area contributed by atoms with Crippen LogP contribution in [0.5, 0.6) is 0 Å². The molecule has 4 nitrogen and oxygen atoms in total. The minimum atomic E-state index is -0.498. The van der Waals surface area contributed by atoms with E-state index in [0.717, 1.165) is 34.1 Å². The summed E-state index contributed by atoms with van der Waals surface area (Å²) in [6.07, 6.45) is 4.48. The quantitative estimate of drug-likeness (QED) is 0.280. The molecule has 0 saturated carbocycles. The molecular formula is C27H25CuN3O. The van der Waals surface area contributed by atoms with Crippen LogP contribution in [-0.4, -0.2) is 11.3 Å². The third kappa shape index (κ3) is 5.58. The molecule has 1 aromatic heterocycles. The zero-order valence-corrected chi connectivity index (χ0v) is 18.4. The largest absolute Gasteiger partial charge is 0.322 e. The Morgan fingerprint density at radius 3 is 1.94 bits per heavy atom. The van der Waals surface area contributed by atoms with Crippen molar-refractivity contribution in [1.29, 1.82) is 0 Å². The van der Waals surface area contributed by atoms with Crippen molar-refractivity contribution in [3.05, 3.63) is 126 Å². The molecule has 0 amide bonds. The first-order valence-electron chi connectivity index (χ1n) is 10.3. The summed E-state index contributed by atoms with van der Waals surface area (Å²) >= 11 is 0. The van der Waals surface area contributed by atoms with E-state index < -0.39 is 6.04 Å². The second-order valence-electron chi connectivity index (χ2n) is 7.47. The van der Waals surface area contributed by atoms with Gasteiger partial charge in [-0.2, -0.15) is 0 Å². The van der Waals surface area contributed by atoms with Crippen LogP contribution in [0, 0.1) is 0 Å². The first-order valence-corrected chi connectivity index (χ1v) is 10.3. The number of carbonyl (C=O) groups is 1. The van der Waals surface area contributed by atoms with E-state index in [2.05, 4.69) is 10.3 Å². The number of aldehydes is 1. The van der Waals surface area contributed by atoms with Crippen molar-refractivity contribution in [2.45, 2.75) is 18.1 Å². The van der Waals surface area contributed by atoms with Gasteiger partial charge in [0.2, 0.25) is 0 Å². The fourth-order valence-electron chi connectivity index (χ4n) is 3.80. The Morgan fingerprint density at radius 2 is 1.31 bits per heavy atom. The Bertz CT molecular complexity index is 1110. The number of hydrogen-bond acceptors (Lipinski definition) is 4. The Labute approximate surface area is 199 Å². The van der Waals surface area contributed by atoms with Crippen LogP contribution in [0.25, 0.3) is 11.1 Å². The van der Waals surface area contributed by atoms with Crippen LogP contribution in [0.1, 0.15) is 34.8 Å². The molecule has 0 aliphatic heterocycles. The molecule has 3 aromatic carbocycles. The molecule has 0 aliphatic carbocycles. The minimum absolute atomic E-state index is 0. The molecule has 0 saturated heterocycles. The number of carbonyl (C=O) groups excluding carboxylic acids is 1. The van der Waals surface area contributed by atoms with Crippen molar-refractivity contribution < 1.29 is 21.9 Å². The number of hydrogen-bond donors (Lipinski definition) is 2. The van der Waals surface area contributed by atoms with E-state index in [4.69, 9.17) is 5.73 Å². The monoisotopic (exact) mass is 470 g/mol. The molecule has 3 atom stereocenters. The maximum atomic E-state index is 12.2. The molecule has 0 aliphatic rings. The van der Waals surface area contributed by atoms with Crippen LogP contribution in [0.4, 0.5) is 0 Å². The molecule has 165 valence electrons. The second kappa shape index (κ2) is 11.5. The summed E-state index contributed by atoms with van der Waals surface area (Å²) < 4.78 is 0. The number of nitrogens with two attached hydrogens (primary N) is 1. The van der Waals surface area contributed by atoms with E-state index in [1.807, 2.05) is 97.1 Å². The number of nitrogens with one attached hydrogen (secondary N) is 1. The van der Waals surface area contributed by atoms with Gasteiger partial charge in [0.15, 0.2) is 0 Å². The number of nitrogens with zero attached hydrogens (tertiary/aromatic N) is 1. The minimum Gasteiger partial charge on any atom is -0.322 e. The summed E-state index contributed by atoms with van der Waals surface area (Å²) in [4.78, 5) is 16.2. The topological polar surface area (TPSA) is 68.0 Å². The van der Waals surface area contributed by atoms with Gasteiger partial charge in [0.05, 0.1) is 12.1 Å². The van der Waals surface area contributed by atoms with Crippen molar-refractivity contribution in [3.63, 3.8) is 0 Å². The third-order valence-corrected chi connectivity index (χ3v) is 5.46. The molecule has 1 heterocycles. The number of aromatic nitrogens is 1. The molecule has 0 spiro atoms. The van der Waals surface area contributed by atoms with Crippen LogP contribution in [-0.2, 0) is 21.9 Å². The second-order valence-corrected chi connectivity index (χ2v) is 7.47. The molecule has 5 heteroatoms. The van der Waals surface area contributed by atoms with Crippen molar-refractivity contribution in [2.75, 3.05) is 0 Å². The van der Waals surface area contributed by atoms with E-state index in [9.17, 15) is 4.79 Å². The van der Waals surface area contributed by atoms with E-state index in [-0.39, 0.29) is 29.2 Å². The standard InChI is InChI=1S/C27H25N3O.Cu/c28-26(21-8-3-1-4-9-21)27(22-10-5-2-6-11-22)30-25(19-31)24-13-7-12-23(18-24)20-14-16-29-17-15-20;/h1-19,25-27,30H,28H2;. The van der Waals surface area contributed by atoms with Crippen molar-refractivity contribution in [1.82, 2.24) is 10.3 Å². The summed E-state index contributed by atoms with van der Waals surface area (Å²) in [5.41, 5.74) is 11.7. The predicted octanol–water partition coefficient (Wildman–Crippen LogP) is 5.02. The van der Waals surface area contributed by atoms with Crippen molar-refractivity contribution in [2.24, 2.45) is 5.73 Å². The van der Waals surface area contributed by atoms with Gasteiger partial charge < -0.3 is 10.5 Å². The average Bonchev–Trinajstić information content (AvgIpc) is 2.86. The number of rotatable bonds is 8. The van der Waals surface area contributed by atoms with Gasteiger partial charge in [0.25, 0.3) is 0 Å². The van der Waals surface area contributed by atoms with Crippen LogP contribution < -0.4 is 11.1 Å². The zero-order chi connectivity index (χ0) is 21.5. The molecular weight excluding hydrogens is 446 g/mol. The Kier molecular flexibility index (Phi) is 8.48. The van der Waals surface area contributed by atoms with Gasteiger partial charge in [0, 0.05) is 35.5 Å². The third-order valence-electron chi connectivity index (χ3n) is 5.46. The van der Waals surface area contributed by atoms with E-state index >= 15 is 0 Å². The Balaban J connectivity index is 0.00000289. The Morgan fingerprint density at radius 1 is 0.719 bits per heavy atom. The average molecular weight is 471 g/mol. The van der Waals surface area contributed by atoms with Crippen LogP contribution >= 0.6 is 0 Å². The smallest absolute Gasteiger partial charge is 0.141 e. The summed E-state index contributed by atoms with van der Waals surface area (Å²) in [5, 5.41) is 3.51. The molecule has 3 N–H and O–H groups in total. The van der Waals surface area contributed by atoms with E-state index in [1.165, 1.54) is 0 Å². The van der Waals surface area contributed by atoms with Crippen molar-refractivity contribution in [3.8, 4) is 11.1 Å². The summed E-state index contributed by atoms with van der Waals surface area (Å²) in [5.74, 6) is 0. The van der Waals surface area contributed by atoms with Gasteiger partial charge in [-0.15, -0.1) is 0 Å². The summed E-state index contributed by atoms with van der Waals surface area (Å²) in [7, 11) is 0. The van der Waals surface area contributed by atoms with Gasteiger partial charge in [0.1, 0.15) is 6.29 Å². The molecule has 4 aromatic rings. The number of benzene rings is 3. The number of pyridine rings is 1. The van der Waals surface area contributed by atoms with Crippen LogP contribution in [0.15, 0.2) is 109 Å². The molecule has 32 heavy (non-hydrogen) atoms. The van der Waals surface area contributed by atoms with E-state index in [1.54, 1.807) is 12.4 Å². The van der Waals surface area contributed by atoms with Crippen molar-refractivity contribution >= 4 is 6.29 Å². The normalized spacial score (nSPS) is 13.4. The maximum absolute atomic E-state index is 12.2. The molecule has 1 radical (unpaired) electrons. The predicted molar refractivity (Wildman–Crippen MR) is 124 cm³/mol. The molecule has 0 bridgehead atoms. The van der Waals surface area contributed by atoms with Gasteiger partial charge in [-0.1, -0.05) is 78.9 Å². The summed E-state index contributed by atoms with van der Waals surface area (Å²) in [6, 6.07) is 30.9. The van der Waals surface area contributed by atoms with Crippen LogP contribution in [0.2, 0.25) is 0 Å². The maximum Gasteiger partial charge on any atom is 0.141 e. The van der Waals surface area contributed by atoms with Gasteiger partial charge in [-0.05, 0) is 46.0 Å². The molecule has 4 rings (SSSR count). The van der Waals surface area contributed by atoms with E-state index in [0.29, 0.717) is 0 Å². The first-order chi connectivity index (χ1) is 15.3. The fraction of sp³-hybridized carbons (Fsp3) is 0.111. The first kappa shape index (κ1) is 23.6. The molecule has 3 unspecified atom stereocenters. The van der Waals surface area contributed by atoms with Gasteiger partial charge >= 0.3 is 0 Å². The van der Waals surface area contributed by atoms with Gasteiger partial charge in [-0.25, -0.2) is 0 Å². The Hall–Kier alpha value is -3.08. The van der Waals surface area contributed by atoms with Gasteiger partial charge in [-0.3, -0.25) is 10.3 Å². The molecule has 0 fully saturated rings. The SMILES string of the molecule is NC(c1ccccc1)C(NC(C=O)c1cccc(-c2ccncc2)c1)c1ccccc1.[Cu].